The highest BCUT2D eigenvalue weighted by Gasteiger charge is 2.15. The van der Waals surface area contributed by atoms with Gasteiger partial charge in [0.05, 0.1) is 17.7 Å². The van der Waals surface area contributed by atoms with Crippen molar-refractivity contribution in [3.63, 3.8) is 0 Å². The largest absolute Gasteiger partial charge is 0.495 e. The van der Waals surface area contributed by atoms with Gasteiger partial charge < -0.3 is 10.1 Å². The summed E-state index contributed by atoms with van der Waals surface area (Å²) in [6.07, 6.45) is -0.101. The molecule has 134 valence electrons. The first-order chi connectivity index (χ1) is 11.8. The molecule has 0 heterocycles. The number of methoxy groups -OCH3 is 1. The average Bonchev–Trinajstić information content (AvgIpc) is 2.55. The van der Waals surface area contributed by atoms with E-state index in [1.165, 1.54) is 13.2 Å². The van der Waals surface area contributed by atoms with Crippen LogP contribution in [0.2, 0.25) is 5.02 Å². The van der Waals surface area contributed by atoms with E-state index in [2.05, 4.69) is 10.0 Å². The maximum Gasteiger partial charge on any atom is 0.240 e. The third-order valence-corrected chi connectivity index (χ3v) is 4.92. The maximum absolute atomic E-state index is 12.8. The number of sulfonamides is 1. The molecule has 0 saturated heterocycles. The predicted molar refractivity (Wildman–Crippen MR) is 92.8 cm³/mol. The highest BCUT2D eigenvalue weighted by Crippen LogP contribution is 2.27. The normalized spacial score (nSPS) is 11.2. The van der Waals surface area contributed by atoms with Crippen molar-refractivity contribution in [1.29, 1.82) is 0 Å². The first-order valence-electron chi connectivity index (χ1n) is 7.20. The van der Waals surface area contributed by atoms with Crippen LogP contribution < -0.4 is 14.8 Å². The van der Waals surface area contributed by atoms with Gasteiger partial charge in [-0.2, -0.15) is 0 Å². The van der Waals surface area contributed by atoms with E-state index in [0.717, 1.165) is 24.3 Å². The fraction of sp³-hybridized carbons (Fsp3) is 0.188. The minimum Gasteiger partial charge on any atom is -0.495 e. The molecule has 0 radical (unpaired) electrons. The standard InChI is InChI=1S/C16H16ClFN2O4S/c1-24-15-7-2-11(17)10-14(15)20-16(21)8-9-19-25(22,23)13-5-3-12(18)4-6-13/h2-7,10,19H,8-9H2,1H3,(H,20,21). The second-order valence-corrected chi connectivity index (χ2v) is 7.20. The Labute approximate surface area is 150 Å². The van der Waals surface area contributed by atoms with Gasteiger partial charge in [-0.05, 0) is 42.5 Å². The lowest BCUT2D eigenvalue weighted by Gasteiger charge is -2.11. The van der Waals surface area contributed by atoms with E-state index in [4.69, 9.17) is 16.3 Å². The van der Waals surface area contributed by atoms with Gasteiger partial charge >= 0.3 is 0 Å². The van der Waals surface area contributed by atoms with Crippen LogP contribution in [0, 0.1) is 5.82 Å². The van der Waals surface area contributed by atoms with Gasteiger partial charge in [0.15, 0.2) is 0 Å². The lowest BCUT2D eigenvalue weighted by Crippen LogP contribution is -2.27. The third kappa shape index (κ3) is 5.42. The van der Waals surface area contributed by atoms with Crippen LogP contribution in [0.25, 0.3) is 0 Å². The van der Waals surface area contributed by atoms with Crippen LogP contribution in [0.3, 0.4) is 0 Å². The van der Waals surface area contributed by atoms with E-state index in [0.29, 0.717) is 16.5 Å². The summed E-state index contributed by atoms with van der Waals surface area (Å²) in [5.41, 5.74) is 0.390. The topological polar surface area (TPSA) is 84.5 Å². The molecular formula is C16H16ClFN2O4S. The first-order valence-corrected chi connectivity index (χ1v) is 9.06. The van der Waals surface area contributed by atoms with Crippen LogP contribution in [0.4, 0.5) is 10.1 Å². The number of ether oxygens (including phenoxy) is 1. The zero-order valence-electron chi connectivity index (χ0n) is 13.3. The zero-order valence-corrected chi connectivity index (χ0v) is 14.8. The Hall–Kier alpha value is -2.16. The molecule has 6 nitrogen and oxygen atoms in total. The molecule has 9 heteroatoms. The molecule has 0 aliphatic heterocycles. The lowest BCUT2D eigenvalue weighted by molar-refractivity contribution is -0.116. The molecule has 0 unspecified atom stereocenters. The number of hydrogen-bond acceptors (Lipinski definition) is 4. The predicted octanol–water partition coefficient (Wildman–Crippen LogP) is 2.79. The number of carbonyl (C=O) groups excluding carboxylic acids is 1. The molecule has 1 amide bonds. The maximum atomic E-state index is 12.8. The van der Waals surface area contributed by atoms with Crippen molar-refractivity contribution in [2.75, 3.05) is 19.0 Å². The van der Waals surface area contributed by atoms with Crippen molar-refractivity contribution < 1.29 is 22.3 Å². The molecule has 0 bridgehead atoms. The molecule has 2 N–H and O–H groups in total. The average molecular weight is 387 g/mol. The van der Waals surface area contributed by atoms with E-state index in [1.54, 1.807) is 12.1 Å². The van der Waals surface area contributed by atoms with Crippen LogP contribution >= 0.6 is 11.6 Å². The van der Waals surface area contributed by atoms with E-state index in [-0.39, 0.29) is 17.9 Å². The van der Waals surface area contributed by atoms with Gasteiger partial charge in [-0.25, -0.2) is 17.5 Å². The summed E-state index contributed by atoms with van der Waals surface area (Å²) < 4.78 is 44.3. The summed E-state index contributed by atoms with van der Waals surface area (Å²) in [7, 11) is -2.35. The molecule has 0 atom stereocenters. The van der Waals surface area contributed by atoms with Crippen LogP contribution in [-0.2, 0) is 14.8 Å². The molecule has 2 rings (SSSR count). The highest BCUT2D eigenvalue weighted by molar-refractivity contribution is 7.89. The van der Waals surface area contributed by atoms with Gasteiger partial charge in [-0.15, -0.1) is 0 Å². The van der Waals surface area contributed by atoms with E-state index < -0.39 is 21.7 Å². The Kier molecular flexibility index (Phi) is 6.35. The van der Waals surface area contributed by atoms with Gasteiger partial charge in [-0.1, -0.05) is 11.6 Å². The summed E-state index contributed by atoms with van der Waals surface area (Å²) in [6.45, 7) is -0.117. The summed E-state index contributed by atoms with van der Waals surface area (Å²) in [4.78, 5) is 11.9. The summed E-state index contributed by atoms with van der Waals surface area (Å²) in [5.74, 6) is -0.513. The fourth-order valence-electron chi connectivity index (χ4n) is 1.99. The monoisotopic (exact) mass is 386 g/mol. The lowest BCUT2D eigenvalue weighted by atomic mass is 10.2. The van der Waals surface area contributed by atoms with Crippen LogP contribution in [0.1, 0.15) is 6.42 Å². The Bertz CT molecular complexity index is 857. The number of carbonyl (C=O) groups is 1. The summed E-state index contributed by atoms with van der Waals surface area (Å²) >= 11 is 5.88. The minimum atomic E-state index is -3.81. The minimum absolute atomic E-state index is 0.0779. The van der Waals surface area contributed by atoms with Crippen LogP contribution in [-0.4, -0.2) is 28.0 Å². The Morgan fingerprint density at radius 2 is 1.88 bits per heavy atom. The SMILES string of the molecule is COc1ccc(Cl)cc1NC(=O)CCNS(=O)(=O)c1ccc(F)cc1. The third-order valence-electron chi connectivity index (χ3n) is 3.20. The van der Waals surface area contributed by atoms with E-state index in [9.17, 15) is 17.6 Å². The first kappa shape index (κ1) is 19.2. The Morgan fingerprint density at radius 1 is 1.20 bits per heavy atom. The number of nitrogens with one attached hydrogen (secondary N) is 2. The fourth-order valence-corrected chi connectivity index (χ4v) is 3.19. The van der Waals surface area contributed by atoms with Gasteiger partial charge in [-0.3, -0.25) is 4.79 Å². The van der Waals surface area contributed by atoms with Gasteiger partial charge in [0.2, 0.25) is 15.9 Å². The Morgan fingerprint density at radius 3 is 2.52 bits per heavy atom. The molecular weight excluding hydrogens is 371 g/mol. The molecule has 25 heavy (non-hydrogen) atoms. The van der Waals surface area contributed by atoms with Crippen molar-refractivity contribution in [2.45, 2.75) is 11.3 Å². The van der Waals surface area contributed by atoms with Crippen molar-refractivity contribution in [1.82, 2.24) is 4.72 Å². The zero-order chi connectivity index (χ0) is 18.4. The molecule has 0 aliphatic rings. The highest BCUT2D eigenvalue weighted by atomic mass is 35.5. The van der Waals surface area contributed by atoms with Crippen molar-refractivity contribution in [3.05, 3.63) is 53.3 Å². The van der Waals surface area contributed by atoms with Crippen LogP contribution in [0.15, 0.2) is 47.4 Å². The number of anilines is 1. The number of amides is 1. The summed E-state index contributed by atoms with van der Waals surface area (Å²) in [5, 5.41) is 3.03. The number of hydrogen-bond donors (Lipinski definition) is 2. The van der Waals surface area contributed by atoms with Crippen LogP contribution in [0.5, 0.6) is 5.75 Å². The Balaban J connectivity index is 1.92. The molecule has 0 aromatic heterocycles. The molecule has 2 aromatic carbocycles. The number of halogens is 2. The van der Waals surface area contributed by atoms with E-state index >= 15 is 0 Å². The van der Waals surface area contributed by atoms with Gasteiger partial charge in [0.1, 0.15) is 11.6 Å². The number of rotatable bonds is 7. The van der Waals surface area contributed by atoms with Gasteiger partial charge in [0, 0.05) is 18.0 Å². The molecule has 0 aliphatic carbocycles. The van der Waals surface area contributed by atoms with E-state index in [1.807, 2.05) is 0 Å². The second kappa shape index (κ2) is 8.28. The smallest absolute Gasteiger partial charge is 0.240 e. The van der Waals surface area contributed by atoms with Crippen molar-refractivity contribution in [2.24, 2.45) is 0 Å². The number of benzene rings is 2. The molecule has 0 saturated carbocycles. The van der Waals surface area contributed by atoms with Crippen molar-refractivity contribution >= 4 is 33.2 Å². The summed E-state index contributed by atoms with van der Waals surface area (Å²) in [6, 6.07) is 9.14. The quantitative estimate of drug-likeness (QED) is 0.766. The molecule has 2 aromatic rings. The second-order valence-electron chi connectivity index (χ2n) is 4.99. The van der Waals surface area contributed by atoms with Crippen molar-refractivity contribution in [3.8, 4) is 5.75 Å². The molecule has 0 fully saturated rings. The van der Waals surface area contributed by atoms with Gasteiger partial charge in [0.25, 0.3) is 0 Å². The molecule has 0 spiro atoms.